The van der Waals surface area contributed by atoms with Crippen LogP contribution in [0.4, 0.5) is 5.69 Å². The summed E-state index contributed by atoms with van der Waals surface area (Å²) >= 11 is 0. The molecule has 19 heavy (non-hydrogen) atoms. The second kappa shape index (κ2) is 5.61. The van der Waals surface area contributed by atoms with Crippen LogP contribution in [-0.2, 0) is 10.2 Å². The maximum Gasteiger partial charge on any atom is 0.230 e. The van der Waals surface area contributed by atoms with Gasteiger partial charge in [-0.3, -0.25) is 4.79 Å². The van der Waals surface area contributed by atoms with Gasteiger partial charge in [0.15, 0.2) is 0 Å². The molecule has 1 atom stereocenters. The first-order chi connectivity index (χ1) is 9.08. The Hall–Kier alpha value is -1.55. The van der Waals surface area contributed by atoms with Crippen molar-refractivity contribution < 1.29 is 9.90 Å². The van der Waals surface area contributed by atoms with Gasteiger partial charge in [-0.25, -0.2) is 0 Å². The number of hydrogen-bond acceptors (Lipinski definition) is 3. The van der Waals surface area contributed by atoms with Gasteiger partial charge in [0, 0.05) is 12.2 Å². The molecule has 1 amide bonds. The third-order valence-electron chi connectivity index (χ3n) is 3.88. The topological polar surface area (TPSA) is 75.3 Å². The molecule has 4 heteroatoms. The third kappa shape index (κ3) is 3.07. The molecule has 1 aromatic carbocycles. The van der Waals surface area contributed by atoms with Crippen LogP contribution in [0.5, 0.6) is 0 Å². The van der Waals surface area contributed by atoms with E-state index >= 15 is 0 Å². The number of anilines is 1. The molecule has 104 valence electrons. The number of aliphatic hydroxyl groups excluding tert-OH is 1. The number of nitrogen functional groups attached to an aromatic ring is 1. The molecule has 2 rings (SSSR count). The highest BCUT2D eigenvalue weighted by molar-refractivity contribution is 5.91. The maximum absolute atomic E-state index is 12.3. The van der Waals surface area contributed by atoms with Gasteiger partial charge in [-0.15, -0.1) is 0 Å². The molecule has 0 spiro atoms. The van der Waals surface area contributed by atoms with Crippen LogP contribution in [-0.4, -0.2) is 23.7 Å². The van der Waals surface area contributed by atoms with E-state index in [0.717, 1.165) is 24.8 Å². The van der Waals surface area contributed by atoms with Crippen LogP contribution in [0, 0.1) is 0 Å². The summed E-state index contributed by atoms with van der Waals surface area (Å²) in [4.78, 5) is 12.3. The summed E-state index contributed by atoms with van der Waals surface area (Å²) in [7, 11) is 0. The summed E-state index contributed by atoms with van der Waals surface area (Å²) in [5, 5.41) is 12.4. The normalized spacial score (nSPS) is 17.8. The van der Waals surface area contributed by atoms with Gasteiger partial charge in [0.2, 0.25) is 5.91 Å². The second-order valence-electron chi connectivity index (χ2n) is 5.31. The Bertz CT molecular complexity index is 438. The Morgan fingerprint density at radius 2 is 2.05 bits per heavy atom. The van der Waals surface area contributed by atoms with E-state index in [0.29, 0.717) is 18.7 Å². The van der Waals surface area contributed by atoms with E-state index in [1.54, 1.807) is 0 Å². The molecule has 0 heterocycles. The number of amides is 1. The maximum atomic E-state index is 12.3. The minimum absolute atomic E-state index is 0.0700. The van der Waals surface area contributed by atoms with Crippen LogP contribution in [0.3, 0.4) is 0 Å². The molecule has 0 bridgehead atoms. The zero-order valence-electron chi connectivity index (χ0n) is 11.4. The van der Waals surface area contributed by atoms with Crippen LogP contribution in [0.25, 0.3) is 0 Å². The first-order valence-corrected chi connectivity index (χ1v) is 6.91. The predicted octanol–water partition coefficient (Wildman–Crippen LogP) is 1.58. The van der Waals surface area contributed by atoms with Gasteiger partial charge >= 0.3 is 0 Å². The molecule has 1 saturated carbocycles. The number of rotatable bonds is 6. The SMILES string of the molecule is CCC(O)CCNC(=O)C1(c2ccc(N)cc2)CC1. The van der Waals surface area contributed by atoms with E-state index in [2.05, 4.69) is 5.32 Å². The molecule has 1 aliphatic carbocycles. The lowest BCUT2D eigenvalue weighted by Crippen LogP contribution is -2.36. The third-order valence-corrected chi connectivity index (χ3v) is 3.88. The number of aliphatic hydroxyl groups is 1. The second-order valence-corrected chi connectivity index (χ2v) is 5.31. The number of benzene rings is 1. The van der Waals surface area contributed by atoms with Gasteiger partial charge in [-0.2, -0.15) is 0 Å². The molecule has 0 aromatic heterocycles. The van der Waals surface area contributed by atoms with Crippen molar-refractivity contribution in [3.8, 4) is 0 Å². The van der Waals surface area contributed by atoms with E-state index < -0.39 is 0 Å². The van der Waals surface area contributed by atoms with Crippen LogP contribution in [0.15, 0.2) is 24.3 Å². The van der Waals surface area contributed by atoms with Crippen molar-refractivity contribution in [2.45, 2.75) is 44.1 Å². The molecule has 1 fully saturated rings. The van der Waals surface area contributed by atoms with Crippen molar-refractivity contribution >= 4 is 11.6 Å². The highest BCUT2D eigenvalue weighted by atomic mass is 16.3. The van der Waals surface area contributed by atoms with Crippen LogP contribution in [0.1, 0.15) is 38.2 Å². The van der Waals surface area contributed by atoms with Gasteiger partial charge in [-0.05, 0) is 43.4 Å². The van der Waals surface area contributed by atoms with Crippen LogP contribution >= 0.6 is 0 Å². The number of nitrogens with one attached hydrogen (secondary N) is 1. The van der Waals surface area contributed by atoms with Gasteiger partial charge in [-0.1, -0.05) is 19.1 Å². The van der Waals surface area contributed by atoms with Crippen molar-refractivity contribution in [2.75, 3.05) is 12.3 Å². The van der Waals surface area contributed by atoms with E-state index in [9.17, 15) is 9.90 Å². The average Bonchev–Trinajstić information content (AvgIpc) is 3.20. The van der Waals surface area contributed by atoms with Crippen LogP contribution in [0.2, 0.25) is 0 Å². The molecular formula is C15H22N2O2. The van der Waals surface area contributed by atoms with Gasteiger partial charge in [0.05, 0.1) is 11.5 Å². The van der Waals surface area contributed by atoms with Crippen LogP contribution < -0.4 is 11.1 Å². The predicted molar refractivity (Wildman–Crippen MR) is 75.7 cm³/mol. The summed E-state index contributed by atoms with van der Waals surface area (Å²) in [5.74, 6) is 0.0700. The van der Waals surface area contributed by atoms with Gasteiger partial charge < -0.3 is 16.2 Å². The first-order valence-electron chi connectivity index (χ1n) is 6.91. The molecule has 0 radical (unpaired) electrons. The Morgan fingerprint density at radius 1 is 1.42 bits per heavy atom. The number of nitrogens with two attached hydrogens (primary N) is 1. The summed E-state index contributed by atoms with van der Waals surface area (Å²) in [6, 6.07) is 7.54. The minimum Gasteiger partial charge on any atom is -0.399 e. The Morgan fingerprint density at radius 3 is 2.58 bits per heavy atom. The number of hydrogen-bond donors (Lipinski definition) is 3. The molecule has 0 saturated heterocycles. The van der Waals surface area contributed by atoms with Crippen molar-refractivity contribution in [3.05, 3.63) is 29.8 Å². The van der Waals surface area contributed by atoms with Crippen molar-refractivity contribution in [1.82, 2.24) is 5.32 Å². The van der Waals surface area contributed by atoms with Crippen molar-refractivity contribution in [1.29, 1.82) is 0 Å². The zero-order chi connectivity index (χ0) is 13.9. The van der Waals surface area contributed by atoms with E-state index in [1.807, 2.05) is 31.2 Å². The monoisotopic (exact) mass is 262 g/mol. The van der Waals surface area contributed by atoms with E-state index in [-0.39, 0.29) is 17.4 Å². The molecule has 0 aliphatic heterocycles. The minimum atomic E-state index is -0.356. The highest BCUT2D eigenvalue weighted by Gasteiger charge is 2.50. The van der Waals surface area contributed by atoms with E-state index in [1.165, 1.54) is 0 Å². The lowest BCUT2D eigenvalue weighted by molar-refractivity contribution is -0.123. The molecule has 1 aliphatic rings. The largest absolute Gasteiger partial charge is 0.399 e. The average molecular weight is 262 g/mol. The lowest BCUT2D eigenvalue weighted by atomic mass is 9.94. The summed E-state index contributed by atoms with van der Waals surface area (Å²) in [6.07, 6.45) is 2.78. The Balaban J connectivity index is 1.93. The first kappa shape index (κ1) is 13.9. The molecule has 4 nitrogen and oxygen atoms in total. The molecule has 1 unspecified atom stereocenters. The van der Waals surface area contributed by atoms with Crippen molar-refractivity contribution in [2.24, 2.45) is 0 Å². The fraction of sp³-hybridized carbons (Fsp3) is 0.533. The zero-order valence-corrected chi connectivity index (χ0v) is 11.4. The molecule has 4 N–H and O–H groups in total. The van der Waals surface area contributed by atoms with Gasteiger partial charge in [0.1, 0.15) is 0 Å². The standard InChI is InChI=1S/C15H22N2O2/c1-2-13(18)7-10-17-14(19)15(8-9-15)11-3-5-12(16)6-4-11/h3-6,13,18H,2,7-10,16H2,1H3,(H,17,19). The quantitative estimate of drug-likeness (QED) is 0.681. The lowest BCUT2D eigenvalue weighted by Gasteiger charge is -2.16. The summed E-state index contributed by atoms with van der Waals surface area (Å²) < 4.78 is 0. The Kier molecular flexibility index (Phi) is 4.10. The number of carbonyl (C=O) groups excluding carboxylic acids is 1. The summed E-state index contributed by atoms with van der Waals surface area (Å²) in [5.41, 5.74) is 7.06. The summed E-state index contributed by atoms with van der Waals surface area (Å²) in [6.45, 7) is 2.47. The number of carbonyl (C=O) groups is 1. The fourth-order valence-electron chi connectivity index (χ4n) is 2.30. The fourth-order valence-corrected chi connectivity index (χ4v) is 2.30. The molecular weight excluding hydrogens is 240 g/mol. The highest BCUT2D eigenvalue weighted by Crippen LogP contribution is 2.48. The smallest absolute Gasteiger partial charge is 0.230 e. The van der Waals surface area contributed by atoms with Crippen molar-refractivity contribution in [3.63, 3.8) is 0 Å². The van der Waals surface area contributed by atoms with Gasteiger partial charge in [0.25, 0.3) is 0 Å². The molecule has 1 aromatic rings. The van der Waals surface area contributed by atoms with E-state index in [4.69, 9.17) is 5.73 Å². The Labute approximate surface area is 114 Å².